The van der Waals surface area contributed by atoms with Gasteiger partial charge in [-0.05, 0) is 63.1 Å². The number of anilines is 1. The van der Waals surface area contributed by atoms with Gasteiger partial charge in [0, 0.05) is 34.3 Å². The number of hydrogen-bond acceptors (Lipinski definition) is 6. The Hall–Kier alpha value is -3.47. The van der Waals surface area contributed by atoms with Crippen LogP contribution in [0, 0.1) is 6.92 Å². The Kier molecular flexibility index (Phi) is 11.0. The van der Waals surface area contributed by atoms with Crippen LogP contribution in [0.4, 0.5) is 5.69 Å². The molecule has 1 aliphatic carbocycles. The molecule has 0 spiro atoms. The van der Waals surface area contributed by atoms with Gasteiger partial charge in [0.15, 0.2) is 0 Å². The molecule has 1 N–H and O–H groups in total. The summed E-state index contributed by atoms with van der Waals surface area (Å²) in [6.07, 6.45) is 3.76. The van der Waals surface area contributed by atoms with Crippen LogP contribution < -0.4 is 19.1 Å². The fraction of sp³-hybridized carbons (Fsp3) is 0.375. The second-order valence-electron chi connectivity index (χ2n) is 10.8. The van der Waals surface area contributed by atoms with E-state index < -0.39 is 28.5 Å². The van der Waals surface area contributed by atoms with Gasteiger partial charge in [-0.1, -0.05) is 59.8 Å². The highest BCUT2D eigenvalue weighted by atomic mass is 35.5. The third-order valence-corrected chi connectivity index (χ3v) is 10.3. The molecule has 0 aromatic heterocycles. The molecule has 3 aromatic carbocycles. The van der Waals surface area contributed by atoms with Crippen molar-refractivity contribution in [3.05, 3.63) is 81.8 Å². The lowest BCUT2D eigenvalue weighted by atomic mass is 10.1. The number of carbonyl (C=O) groups excluding carboxylic acids is 2. The summed E-state index contributed by atoms with van der Waals surface area (Å²) in [7, 11) is -1.45. The van der Waals surface area contributed by atoms with Crippen molar-refractivity contribution < 1.29 is 27.5 Å². The molecule has 236 valence electrons. The molecule has 1 aliphatic rings. The minimum atomic E-state index is -4.31. The summed E-state index contributed by atoms with van der Waals surface area (Å²) in [6.45, 7) is 2.68. The Morgan fingerprint density at radius 1 is 0.977 bits per heavy atom. The van der Waals surface area contributed by atoms with E-state index in [0.717, 1.165) is 35.6 Å². The Labute approximate surface area is 269 Å². The van der Waals surface area contributed by atoms with Crippen LogP contribution in [0.25, 0.3) is 0 Å². The molecular weight excluding hydrogens is 625 g/mol. The number of nitrogens with zero attached hydrogens (tertiary/aromatic N) is 2. The fourth-order valence-corrected chi connectivity index (χ4v) is 7.10. The maximum Gasteiger partial charge on any atom is 0.264 e. The van der Waals surface area contributed by atoms with E-state index in [1.54, 1.807) is 49.4 Å². The van der Waals surface area contributed by atoms with Gasteiger partial charge < -0.3 is 19.7 Å². The SMILES string of the molecule is COc1ccc(OC)c(N(CC(=O)N(Cc2c(Cl)cccc2Cl)[C@@H](C)C(=O)NC2CCCC2)S(=O)(=O)c2ccc(C)cc2)c1. The standard InChI is InChI=1S/C32H37Cl2N3O6S/c1-21-12-15-25(16-13-21)44(40,41)37(29-18-24(42-3)14-17-30(29)43-4)20-31(38)36(19-26-27(33)10-7-11-28(26)34)22(2)32(39)35-23-8-5-6-9-23/h7,10-18,22-23H,5-6,8-9,19-20H2,1-4H3,(H,35,39)/t22-/m0/s1. The van der Waals surface area contributed by atoms with Crippen molar-refractivity contribution in [3.8, 4) is 11.5 Å². The zero-order valence-electron chi connectivity index (χ0n) is 25.2. The van der Waals surface area contributed by atoms with Crippen LogP contribution in [0.5, 0.6) is 11.5 Å². The van der Waals surface area contributed by atoms with Crippen molar-refractivity contribution in [3.63, 3.8) is 0 Å². The van der Waals surface area contributed by atoms with Crippen molar-refractivity contribution in [2.75, 3.05) is 25.1 Å². The first-order chi connectivity index (χ1) is 21.0. The molecule has 0 unspecified atom stereocenters. The molecule has 0 radical (unpaired) electrons. The molecule has 2 amide bonds. The van der Waals surface area contributed by atoms with Gasteiger partial charge in [0.1, 0.15) is 24.1 Å². The molecule has 0 saturated heterocycles. The van der Waals surface area contributed by atoms with Crippen LogP contribution in [-0.2, 0) is 26.2 Å². The van der Waals surface area contributed by atoms with Gasteiger partial charge in [0.2, 0.25) is 11.8 Å². The van der Waals surface area contributed by atoms with Crippen LogP contribution in [0.2, 0.25) is 10.0 Å². The van der Waals surface area contributed by atoms with E-state index >= 15 is 0 Å². The summed E-state index contributed by atoms with van der Waals surface area (Å²) < 4.78 is 40.3. The van der Waals surface area contributed by atoms with Gasteiger partial charge in [-0.3, -0.25) is 13.9 Å². The molecule has 12 heteroatoms. The van der Waals surface area contributed by atoms with E-state index in [2.05, 4.69) is 5.32 Å². The first-order valence-electron chi connectivity index (χ1n) is 14.3. The number of rotatable bonds is 12. The second-order valence-corrected chi connectivity index (χ2v) is 13.4. The Morgan fingerprint density at radius 3 is 2.20 bits per heavy atom. The Morgan fingerprint density at radius 2 is 1.61 bits per heavy atom. The Balaban J connectivity index is 1.79. The van der Waals surface area contributed by atoms with Crippen LogP contribution in [0.1, 0.15) is 43.7 Å². The topological polar surface area (TPSA) is 105 Å². The van der Waals surface area contributed by atoms with Crippen molar-refractivity contribution in [2.45, 2.75) is 63.1 Å². The molecule has 44 heavy (non-hydrogen) atoms. The van der Waals surface area contributed by atoms with Gasteiger partial charge in [-0.15, -0.1) is 0 Å². The first kappa shape index (κ1) is 33.4. The van der Waals surface area contributed by atoms with E-state index in [1.165, 1.54) is 37.3 Å². The summed E-state index contributed by atoms with van der Waals surface area (Å²) in [5.41, 5.74) is 1.41. The molecule has 4 rings (SSSR count). The maximum atomic E-state index is 14.3. The highest BCUT2D eigenvalue weighted by molar-refractivity contribution is 7.92. The zero-order chi connectivity index (χ0) is 32.0. The van der Waals surface area contributed by atoms with E-state index in [9.17, 15) is 18.0 Å². The molecule has 1 fully saturated rings. The number of halogens is 2. The van der Waals surface area contributed by atoms with E-state index in [4.69, 9.17) is 32.7 Å². The van der Waals surface area contributed by atoms with Crippen LogP contribution in [0.15, 0.2) is 65.6 Å². The number of methoxy groups -OCH3 is 2. The van der Waals surface area contributed by atoms with E-state index in [1.807, 2.05) is 6.92 Å². The fourth-order valence-electron chi connectivity index (χ4n) is 5.17. The molecule has 0 heterocycles. The minimum Gasteiger partial charge on any atom is -0.497 e. The highest BCUT2D eigenvalue weighted by Gasteiger charge is 2.35. The number of hydrogen-bond donors (Lipinski definition) is 1. The summed E-state index contributed by atoms with van der Waals surface area (Å²) >= 11 is 13.0. The monoisotopic (exact) mass is 661 g/mol. The Bertz CT molecular complexity index is 1570. The van der Waals surface area contributed by atoms with Gasteiger partial charge in [-0.2, -0.15) is 0 Å². The summed E-state index contributed by atoms with van der Waals surface area (Å²) in [5.74, 6) is -0.417. The molecule has 0 aliphatic heterocycles. The molecule has 1 saturated carbocycles. The zero-order valence-corrected chi connectivity index (χ0v) is 27.5. The highest BCUT2D eigenvalue weighted by Crippen LogP contribution is 2.36. The second kappa shape index (κ2) is 14.5. The molecular formula is C32H37Cl2N3O6S. The number of amides is 2. The lowest BCUT2D eigenvalue weighted by molar-refractivity contribution is -0.139. The van der Waals surface area contributed by atoms with E-state index in [-0.39, 0.29) is 34.8 Å². The first-order valence-corrected chi connectivity index (χ1v) is 16.5. The number of carbonyl (C=O) groups is 2. The molecule has 0 bridgehead atoms. The molecule has 9 nitrogen and oxygen atoms in total. The lowest BCUT2D eigenvalue weighted by Gasteiger charge is -2.33. The number of sulfonamides is 1. The average Bonchev–Trinajstić information content (AvgIpc) is 3.52. The quantitative estimate of drug-likeness (QED) is 0.256. The van der Waals surface area contributed by atoms with Gasteiger partial charge in [0.05, 0.1) is 24.8 Å². The average molecular weight is 663 g/mol. The predicted molar refractivity (Wildman–Crippen MR) is 172 cm³/mol. The van der Waals surface area contributed by atoms with Crippen molar-refractivity contribution in [2.24, 2.45) is 0 Å². The van der Waals surface area contributed by atoms with Gasteiger partial charge >= 0.3 is 0 Å². The summed E-state index contributed by atoms with van der Waals surface area (Å²) in [6, 6.07) is 15.0. The summed E-state index contributed by atoms with van der Waals surface area (Å²) in [5, 5.41) is 3.68. The third kappa shape index (κ3) is 7.60. The largest absolute Gasteiger partial charge is 0.497 e. The summed E-state index contributed by atoms with van der Waals surface area (Å²) in [4.78, 5) is 29.0. The van der Waals surface area contributed by atoms with Crippen LogP contribution >= 0.6 is 23.2 Å². The third-order valence-electron chi connectivity index (χ3n) is 7.80. The lowest BCUT2D eigenvalue weighted by Crippen LogP contribution is -2.52. The number of benzene rings is 3. The molecule has 1 atom stereocenters. The minimum absolute atomic E-state index is 0.0188. The smallest absolute Gasteiger partial charge is 0.264 e. The van der Waals surface area contributed by atoms with Gasteiger partial charge in [-0.25, -0.2) is 8.42 Å². The van der Waals surface area contributed by atoms with Crippen molar-refractivity contribution in [1.29, 1.82) is 0 Å². The van der Waals surface area contributed by atoms with Crippen molar-refractivity contribution >= 4 is 50.7 Å². The van der Waals surface area contributed by atoms with Crippen molar-refractivity contribution in [1.82, 2.24) is 10.2 Å². The number of nitrogens with one attached hydrogen (secondary N) is 1. The maximum absolute atomic E-state index is 14.3. The van der Waals surface area contributed by atoms with Gasteiger partial charge in [0.25, 0.3) is 10.0 Å². The number of aryl methyl sites for hydroxylation is 1. The predicted octanol–water partition coefficient (Wildman–Crippen LogP) is 5.99. The van der Waals surface area contributed by atoms with Crippen LogP contribution in [-0.4, -0.2) is 58.0 Å². The molecule has 3 aromatic rings. The normalized spacial score (nSPS) is 14.1. The van der Waals surface area contributed by atoms with Crippen LogP contribution in [0.3, 0.4) is 0 Å². The number of ether oxygens (including phenoxy) is 2. The van der Waals surface area contributed by atoms with E-state index in [0.29, 0.717) is 21.4 Å².